The highest BCUT2D eigenvalue weighted by Crippen LogP contribution is 2.42. The van der Waals surface area contributed by atoms with Crippen LogP contribution >= 0.6 is 0 Å². The summed E-state index contributed by atoms with van der Waals surface area (Å²) in [5.74, 6) is 3.28. The molecule has 222 valence electrons. The predicted octanol–water partition coefficient (Wildman–Crippen LogP) is 10.0. The molecule has 0 amide bonds. The summed E-state index contributed by atoms with van der Waals surface area (Å²) in [7, 11) is 0. The van der Waals surface area contributed by atoms with Gasteiger partial charge in [0.15, 0.2) is 0 Å². The molecule has 3 heterocycles. The van der Waals surface area contributed by atoms with Crippen LogP contribution in [0.4, 0.5) is 0 Å². The Morgan fingerprint density at radius 1 is 0.780 bits per heavy atom. The first-order valence-corrected chi connectivity index (χ1v) is 16.8. The zero-order valence-electron chi connectivity index (χ0n) is 26.4. The molecule has 2 aliphatic heterocycles. The molecule has 1 aromatic heterocycles. The molecule has 1 saturated carbocycles. The van der Waals surface area contributed by atoms with E-state index in [0.717, 1.165) is 51.1 Å². The summed E-state index contributed by atoms with van der Waals surface area (Å²) in [6.45, 7) is 14.4. The number of aromatic nitrogens is 1. The molecule has 3 heteroatoms. The van der Waals surface area contributed by atoms with E-state index in [9.17, 15) is 0 Å². The lowest BCUT2D eigenvalue weighted by Gasteiger charge is -2.30. The third kappa shape index (κ3) is 6.89. The van der Waals surface area contributed by atoms with Crippen LogP contribution in [0.5, 0.6) is 0 Å². The second-order valence-corrected chi connectivity index (χ2v) is 12.7. The van der Waals surface area contributed by atoms with Gasteiger partial charge in [0.25, 0.3) is 0 Å². The molecule has 6 rings (SSSR count). The largest absolute Gasteiger partial charge is 0.381 e. The molecule has 4 atom stereocenters. The van der Waals surface area contributed by atoms with Crippen LogP contribution in [0.1, 0.15) is 113 Å². The molecule has 0 N–H and O–H groups in total. The maximum Gasteiger partial charge on any atom is 0.0520 e. The van der Waals surface area contributed by atoms with Crippen molar-refractivity contribution in [3.05, 3.63) is 65.0 Å². The Balaban J connectivity index is 0.00000165. The standard InChI is InChI=1S/C36H47NO2.C2H6/c1-4-26-20-30(9-8-24(26)2)31-12-13-34-32(21-31)22-35(37-36(34)33-16-19-39-23-25(33)3)29-7-5-6-27(10-11-29)28-14-17-38-18-15-28;1-2/h8-9,12-13,20-22,25,27-29,33H,4-7,10-11,14-19,23H2,1-3H3;1-2H3/t25-,27?,29?,33?;/m0./s1. The van der Waals surface area contributed by atoms with E-state index in [2.05, 4.69) is 63.2 Å². The Labute approximate surface area is 249 Å². The molecule has 0 bridgehead atoms. The van der Waals surface area contributed by atoms with Gasteiger partial charge in [0, 0.05) is 49.3 Å². The van der Waals surface area contributed by atoms with Crippen LogP contribution in [-0.2, 0) is 15.9 Å². The van der Waals surface area contributed by atoms with Crippen molar-refractivity contribution in [1.82, 2.24) is 4.98 Å². The van der Waals surface area contributed by atoms with Crippen molar-refractivity contribution in [2.75, 3.05) is 26.4 Å². The number of hydrogen-bond acceptors (Lipinski definition) is 3. The van der Waals surface area contributed by atoms with Gasteiger partial charge in [-0.3, -0.25) is 4.98 Å². The number of pyridine rings is 1. The van der Waals surface area contributed by atoms with Crippen molar-refractivity contribution in [3.8, 4) is 11.1 Å². The molecule has 1 aliphatic carbocycles. The second-order valence-electron chi connectivity index (χ2n) is 12.7. The normalized spacial score (nSPS) is 25.8. The van der Waals surface area contributed by atoms with Crippen LogP contribution in [0.3, 0.4) is 0 Å². The van der Waals surface area contributed by atoms with Crippen LogP contribution < -0.4 is 0 Å². The van der Waals surface area contributed by atoms with E-state index >= 15 is 0 Å². The number of benzene rings is 2. The fraction of sp³-hybridized carbons (Fsp3) is 0.605. The number of hydrogen-bond donors (Lipinski definition) is 0. The fourth-order valence-electron chi connectivity index (χ4n) is 7.78. The van der Waals surface area contributed by atoms with Crippen LogP contribution in [0.2, 0.25) is 0 Å². The quantitative estimate of drug-likeness (QED) is 0.294. The first-order valence-electron chi connectivity index (χ1n) is 16.8. The van der Waals surface area contributed by atoms with E-state index in [1.807, 2.05) is 13.8 Å². The average Bonchev–Trinajstić information content (AvgIpc) is 3.29. The molecule has 2 aromatic carbocycles. The van der Waals surface area contributed by atoms with Gasteiger partial charge in [-0.25, -0.2) is 0 Å². The highest BCUT2D eigenvalue weighted by Gasteiger charge is 2.30. The zero-order chi connectivity index (χ0) is 28.8. The van der Waals surface area contributed by atoms with Crippen molar-refractivity contribution >= 4 is 10.8 Å². The second kappa shape index (κ2) is 14.3. The summed E-state index contributed by atoms with van der Waals surface area (Å²) >= 11 is 0. The van der Waals surface area contributed by atoms with Gasteiger partial charge in [-0.15, -0.1) is 0 Å². The van der Waals surface area contributed by atoms with Gasteiger partial charge in [0.2, 0.25) is 0 Å². The SMILES string of the molecule is CC.CCc1cc(-c2ccc3c(C4CCOC[C@@H]4C)nc(C4CCCC(C5CCOCC5)CC4)cc3c2)ccc1C. The molecule has 3 fully saturated rings. The van der Waals surface area contributed by atoms with E-state index < -0.39 is 0 Å². The summed E-state index contributed by atoms with van der Waals surface area (Å²) in [6.07, 6.45) is 11.3. The fourth-order valence-corrected chi connectivity index (χ4v) is 7.78. The van der Waals surface area contributed by atoms with Crippen LogP contribution in [-0.4, -0.2) is 31.4 Å². The number of nitrogens with zero attached hydrogens (tertiary/aromatic N) is 1. The lowest BCUT2D eigenvalue weighted by atomic mass is 9.81. The Kier molecular flexibility index (Phi) is 10.5. The number of rotatable bonds is 5. The maximum absolute atomic E-state index is 5.85. The van der Waals surface area contributed by atoms with E-state index in [1.165, 1.54) is 89.4 Å². The van der Waals surface area contributed by atoms with Crippen molar-refractivity contribution in [2.24, 2.45) is 17.8 Å². The molecule has 41 heavy (non-hydrogen) atoms. The Bertz CT molecular complexity index is 1280. The first kappa shape index (κ1) is 30.2. The molecule has 3 unspecified atom stereocenters. The van der Waals surface area contributed by atoms with E-state index in [4.69, 9.17) is 14.5 Å². The minimum absolute atomic E-state index is 0.471. The van der Waals surface area contributed by atoms with Gasteiger partial charge in [-0.2, -0.15) is 0 Å². The molecule has 0 spiro atoms. The minimum atomic E-state index is 0.471. The van der Waals surface area contributed by atoms with Crippen molar-refractivity contribution in [2.45, 2.75) is 104 Å². The molecule has 3 aromatic rings. The molecule has 2 saturated heterocycles. The number of fused-ring (bicyclic) bond motifs is 1. The van der Waals surface area contributed by atoms with Gasteiger partial charge in [0.05, 0.1) is 5.69 Å². The van der Waals surface area contributed by atoms with Crippen molar-refractivity contribution in [1.29, 1.82) is 0 Å². The van der Waals surface area contributed by atoms with Crippen LogP contribution in [0.25, 0.3) is 21.9 Å². The summed E-state index contributed by atoms with van der Waals surface area (Å²) in [4.78, 5) is 5.54. The van der Waals surface area contributed by atoms with Crippen molar-refractivity contribution < 1.29 is 9.47 Å². The van der Waals surface area contributed by atoms with Crippen LogP contribution in [0.15, 0.2) is 42.5 Å². The lowest BCUT2D eigenvalue weighted by molar-refractivity contribution is 0.0436. The Morgan fingerprint density at radius 2 is 1.51 bits per heavy atom. The van der Waals surface area contributed by atoms with Gasteiger partial charge >= 0.3 is 0 Å². The third-order valence-electron chi connectivity index (χ3n) is 10.3. The molecule has 3 nitrogen and oxygen atoms in total. The summed E-state index contributed by atoms with van der Waals surface area (Å²) < 4.78 is 11.5. The van der Waals surface area contributed by atoms with Gasteiger partial charge in [-0.05, 0) is 109 Å². The summed E-state index contributed by atoms with van der Waals surface area (Å²) in [5.41, 5.74) is 8.15. The highest BCUT2D eigenvalue weighted by atomic mass is 16.5. The topological polar surface area (TPSA) is 31.4 Å². The lowest BCUT2D eigenvalue weighted by Crippen LogP contribution is -2.25. The predicted molar refractivity (Wildman–Crippen MR) is 173 cm³/mol. The first-order chi connectivity index (χ1) is 20.1. The summed E-state index contributed by atoms with van der Waals surface area (Å²) in [6, 6.07) is 16.6. The van der Waals surface area contributed by atoms with Gasteiger partial charge < -0.3 is 9.47 Å². The molecule has 0 radical (unpaired) electrons. The molecular weight excluding hydrogens is 502 g/mol. The minimum Gasteiger partial charge on any atom is -0.381 e. The monoisotopic (exact) mass is 555 g/mol. The Hall–Kier alpha value is -2.23. The van der Waals surface area contributed by atoms with Gasteiger partial charge in [0.1, 0.15) is 0 Å². The highest BCUT2D eigenvalue weighted by molar-refractivity contribution is 5.90. The van der Waals surface area contributed by atoms with E-state index in [0.29, 0.717) is 17.8 Å². The van der Waals surface area contributed by atoms with Crippen molar-refractivity contribution in [3.63, 3.8) is 0 Å². The smallest absolute Gasteiger partial charge is 0.0520 e. The van der Waals surface area contributed by atoms with E-state index in [1.54, 1.807) is 0 Å². The average molecular weight is 556 g/mol. The number of ether oxygens (including phenoxy) is 2. The third-order valence-corrected chi connectivity index (χ3v) is 10.3. The molecular formula is C38H53NO2. The van der Waals surface area contributed by atoms with Crippen LogP contribution in [0, 0.1) is 24.7 Å². The maximum atomic E-state index is 5.85. The Morgan fingerprint density at radius 3 is 2.29 bits per heavy atom. The zero-order valence-corrected chi connectivity index (χ0v) is 26.4. The van der Waals surface area contributed by atoms with Gasteiger partial charge in [-0.1, -0.05) is 70.9 Å². The summed E-state index contributed by atoms with van der Waals surface area (Å²) in [5, 5.41) is 2.72. The number of aryl methyl sites for hydroxylation is 2. The van der Waals surface area contributed by atoms with E-state index in [-0.39, 0.29) is 0 Å². The molecule has 3 aliphatic rings.